The van der Waals surface area contributed by atoms with Crippen LogP contribution in [0.1, 0.15) is 25.3 Å². The molecule has 0 radical (unpaired) electrons. The Morgan fingerprint density at radius 1 is 1.37 bits per heavy atom. The summed E-state index contributed by atoms with van der Waals surface area (Å²) in [5.74, 6) is 0.585. The molecule has 0 atom stereocenters. The number of rotatable bonds is 3. The van der Waals surface area contributed by atoms with E-state index in [4.69, 9.17) is 17.3 Å². The van der Waals surface area contributed by atoms with Gasteiger partial charge in [-0.3, -0.25) is 0 Å². The molecular formula is C13H19ClN2O2S. The molecule has 1 heterocycles. The average Bonchev–Trinajstić information content (AvgIpc) is 2.38. The van der Waals surface area contributed by atoms with E-state index in [1.54, 1.807) is 18.2 Å². The fourth-order valence-electron chi connectivity index (χ4n) is 2.24. The maximum absolute atomic E-state index is 12.5. The van der Waals surface area contributed by atoms with Crippen molar-refractivity contribution in [3.8, 4) is 0 Å². The van der Waals surface area contributed by atoms with E-state index in [9.17, 15) is 8.42 Å². The van der Waals surface area contributed by atoms with Gasteiger partial charge in [0.1, 0.15) is 4.90 Å². The molecule has 1 aromatic carbocycles. The number of benzene rings is 1. The minimum atomic E-state index is -3.48. The van der Waals surface area contributed by atoms with Crippen LogP contribution in [0.4, 0.5) is 0 Å². The molecule has 19 heavy (non-hydrogen) atoms. The maximum Gasteiger partial charge on any atom is 0.244 e. The smallest absolute Gasteiger partial charge is 0.244 e. The molecule has 6 heteroatoms. The third-order valence-corrected chi connectivity index (χ3v) is 5.97. The molecule has 1 aromatic rings. The Labute approximate surface area is 119 Å². The highest BCUT2D eigenvalue weighted by Crippen LogP contribution is 2.28. The first-order valence-electron chi connectivity index (χ1n) is 6.44. The molecule has 2 rings (SSSR count). The van der Waals surface area contributed by atoms with Crippen LogP contribution in [0.2, 0.25) is 5.02 Å². The van der Waals surface area contributed by atoms with Crippen LogP contribution in [-0.4, -0.2) is 25.8 Å². The van der Waals surface area contributed by atoms with E-state index in [0.717, 1.165) is 18.4 Å². The van der Waals surface area contributed by atoms with Crippen LogP contribution in [0.5, 0.6) is 0 Å². The van der Waals surface area contributed by atoms with Gasteiger partial charge in [-0.05, 0) is 36.5 Å². The first kappa shape index (κ1) is 14.8. The first-order valence-corrected chi connectivity index (χ1v) is 8.25. The molecule has 0 amide bonds. The van der Waals surface area contributed by atoms with Gasteiger partial charge in [0.2, 0.25) is 10.0 Å². The zero-order chi connectivity index (χ0) is 14.0. The summed E-state index contributed by atoms with van der Waals surface area (Å²) in [6, 6.07) is 4.89. The molecule has 106 valence electrons. The van der Waals surface area contributed by atoms with Crippen molar-refractivity contribution >= 4 is 21.6 Å². The average molecular weight is 303 g/mol. The highest BCUT2D eigenvalue weighted by atomic mass is 35.5. The van der Waals surface area contributed by atoms with Crippen LogP contribution < -0.4 is 5.73 Å². The van der Waals surface area contributed by atoms with Gasteiger partial charge in [-0.25, -0.2) is 8.42 Å². The summed E-state index contributed by atoms with van der Waals surface area (Å²) in [5, 5.41) is 0.251. The Kier molecular flexibility index (Phi) is 4.50. The third kappa shape index (κ3) is 3.11. The van der Waals surface area contributed by atoms with Crippen LogP contribution in [0.25, 0.3) is 0 Å². The molecule has 1 fully saturated rings. The largest absolute Gasteiger partial charge is 0.326 e. The molecule has 1 aliphatic rings. The van der Waals surface area contributed by atoms with E-state index in [1.165, 1.54) is 4.31 Å². The quantitative estimate of drug-likeness (QED) is 0.931. The first-order chi connectivity index (χ1) is 8.95. The molecule has 1 saturated heterocycles. The van der Waals surface area contributed by atoms with Crippen molar-refractivity contribution in [3.63, 3.8) is 0 Å². The number of nitrogens with two attached hydrogens (primary N) is 1. The summed E-state index contributed by atoms with van der Waals surface area (Å²) >= 11 is 6.08. The lowest BCUT2D eigenvalue weighted by Gasteiger charge is -2.29. The predicted octanol–water partition coefficient (Wildman–Crippen LogP) is 2.22. The zero-order valence-electron chi connectivity index (χ0n) is 11.0. The third-order valence-electron chi connectivity index (χ3n) is 3.59. The molecule has 4 nitrogen and oxygen atoms in total. The summed E-state index contributed by atoms with van der Waals surface area (Å²) < 4.78 is 26.6. The molecule has 1 aliphatic heterocycles. The van der Waals surface area contributed by atoms with Crippen LogP contribution in [0, 0.1) is 5.92 Å². The molecule has 0 bridgehead atoms. The molecule has 0 saturated carbocycles. The number of hydrogen-bond donors (Lipinski definition) is 1. The van der Waals surface area contributed by atoms with E-state index in [0.29, 0.717) is 25.6 Å². The van der Waals surface area contributed by atoms with E-state index < -0.39 is 10.0 Å². The highest BCUT2D eigenvalue weighted by molar-refractivity contribution is 7.89. The topological polar surface area (TPSA) is 63.4 Å². The number of piperidine rings is 1. The van der Waals surface area contributed by atoms with Crippen molar-refractivity contribution < 1.29 is 8.42 Å². The van der Waals surface area contributed by atoms with Gasteiger partial charge in [0.05, 0.1) is 5.02 Å². The van der Waals surface area contributed by atoms with Gasteiger partial charge in [-0.15, -0.1) is 0 Å². The fraction of sp³-hybridized carbons (Fsp3) is 0.538. The number of halogens is 1. The van der Waals surface area contributed by atoms with Crippen molar-refractivity contribution in [3.05, 3.63) is 28.8 Å². The minimum Gasteiger partial charge on any atom is -0.326 e. The minimum absolute atomic E-state index is 0.181. The molecule has 0 unspecified atom stereocenters. The van der Waals surface area contributed by atoms with Gasteiger partial charge in [0, 0.05) is 19.6 Å². The summed E-state index contributed by atoms with van der Waals surface area (Å²) in [6.07, 6.45) is 1.80. The second-order valence-electron chi connectivity index (χ2n) is 5.06. The van der Waals surface area contributed by atoms with Gasteiger partial charge in [0.15, 0.2) is 0 Å². The zero-order valence-corrected chi connectivity index (χ0v) is 12.5. The highest BCUT2D eigenvalue weighted by Gasteiger charge is 2.29. The Hall–Kier alpha value is -0.620. The lowest BCUT2D eigenvalue weighted by atomic mass is 10.0. The monoisotopic (exact) mass is 302 g/mol. The predicted molar refractivity (Wildman–Crippen MR) is 76.5 cm³/mol. The summed E-state index contributed by atoms with van der Waals surface area (Å²) in [4.78, 5) is 0.181. The van der Waals surface area contributed by atoms with Crippen molar-refractivity contribution in [2.45, 2.75) is 31.2 Å². The summed E-state index contributed by atoms with van der Waals surface area (Å²) in [7, 11) is -3.48. The van der Waals surface area contributed by atoms with Gasteiger partial charge in [-0.2, -0.15) is 4.31 Å². The lowest BCUT2D eigenvalue weighted by molar-refractivity contribution is 0.288. The standard InChI is InChI=1S/C13H19ClN2O2S/c1-10-4-6-16(7-5-10)19(17,18)13-3-2-11(9-15)8-12(13)14/h2-3,8,10H,4-7,9,15H2,1H3. The van der Waals surface area contributed by atoms with Crippen LogP contribution in [-0.2, 0) is 16.6 Å². The van der Waals surface area contributed by atoms with Crippen molar-refractivity contribution in [2.75, 3.05) is 13.1 Å². The number of nitrogens with zero attached hydrogens (tertiary/aromatic N) is 1. The normalized spacial score (nSPS) is 18.7. The van der Waals surface area contributed by atoms with Crippen LogP contribution in [0.15, 0.2) is 23.1 Å². The van der Waals surface area contributed by atoms with Crippen LogP contribution >= 0.6 is 11.6 Å². The lowest BCUT2D eigenvalue weighted by Crippen LogP contribution is -2.38. The van der Waals surface area contributed by atoms with Gasteiger partial charge in [0.25, 0.3) is 0 Å². The Morgan fingerprint density at radius 3 is 2.53 bits per heavy atom. The van der Waals surface area contributed by atoms with Crippen molar-refractivity contribution in [1.29, 1.82) is 0 Å². The van der Waals surface area contributed by atoms with Gasteiger partial charge in [-0.1, -0.05) is 24.6 Å². The molecular weight excluding hydrogens is 284 g/mol. The maximum atomic E-state index is 12.5. The second kappa shape index (κ2) is 5.79. The molecule has 0 spiro atoms. The Bertz CT molecular complexity index is 552. The van der Waals surface area contributed by atoms with E-state index in [1.807, 2.05) is 0 Å². The SMILES string of the molecule is CC1CCN(S(=O)(=O)c2ccc(CN)cc2Cl)CC1. The summed E-state index contributed by atoms with van der Waals surface area (Å²) in [6.45, 7) is 3.63. The van der Waals surface area contributed by atoms with Crippen LogP contribution in [0.3, 0.4) is 0 Å². The second-order valence-corrected chi connectivity index (χ2v) is 7.37. The fourth-order valence-corrected chi connectivity index (χ4v) is 4.26. The van der Waals surface area contributed by atoms with Gasteiger partial charge >= 0.3 is 0 Å². The molecule has 0 aromatic heterocycles. The Morgan fingerprint density at radius 2 is 2.00 bits per heavy atom. The van der Waals surface area contributed by atoms with Crippen molar-refractivity contribution in [2.24, 2.45) is 11.7 Å². The van der Waals surface area contributed by atoms with E-state index >= 15 is 0 Å². The van der Waals surface area contributed by atoms with Gasteiger partial charge < -0.3 is 5.73 Å². The van der Waals surface area contributed by atoms with E-state index in [-0.39, 0.29) is 9.92 Å². The van der Waals surface area contributed by atoms with E-state index in [2.05, 4.69) is 6.92 Å². The summed E-state index contributed by atoms with van der Waals surface area (Å²) in [5.41, 5.74) is 6.35. The van der Waals surface area contributed by atoms with Crippen molar-refractivity contribution in [1.82, 2.24) is 4.31 Å². The Balaban J connectivity index is 2.29. The number of hydrogen-bond acceptors (Lipinski definition) is 3. The molecule has 0 aliphatic carbocycles. The molecule has 2 N–H and O–H groups in total. The number of sulfonamides is 1.